The fourth-order valence-corrected chi connectivity index (χ4v) is 3.95. The molecule has 0 aromatic carbocycles. The predicted octanol–water partition coefficient (Wildman–Crippen LogP) is 1.45. The summed E-state index contributed by atoms with van der Waals surface area (Å²) in [7, 11) is 1.42. The molecule has 1 aliphatic carbocycles. The normalized spacial score (nSPS) is 29.2. The first-order chi connectivity index (χ1) is 9.54. The van der Waals surface area contributed by atoms with Crippen LogP contribution in [0.3, 0.4) is 0 Å². The van der Waals surface area contributed by atoms with Crippen LogP contribution < -0.4 is 5.73 Å². The Morgan fingerprint density at radius 2 is 1.90 bits per heavy atom. The number of nitrogens with zero attached hydrogens (tertiary/aromatic N) is 1. The van der Waals surface area contributed by atoms with Crippen LogP contribution in [-0.2, 0) is 14.3 Å². The van der Waals surface area contributed by atoms with E-state index in [0.29, 0.717) is 13.0 Å². The first kappa shape index (κ1) is 15.3. The van der Waals surface area contributed by atoms with E-state index in [1.54, 1.807) is 11.8 Å². The van der Waals surface area contributed by atoms with Crippen LogP contribution in [0.1, 0.15) is 51.9 Å². The van der Waals surface area contributed by atoms with E-state index in [0.717, 1.165) is 32.1 Å². The molecule has 5 nitrogen and oxygen atoms in total. The lowest BCUT2D eigenvalue weighted by molar-refractivity contribution is -0.165. The summed E-state index contributed by atoms with van der Waals surface area (Å²) in [4.78, 5) is 26.7. The highest BCUT2D eigenvalue weighted by atomic mass is 16.5. The van der Waals surface area contributed by atoms with Gasteiger partial charge in [-0.25, -0.2) is 4.79 Å². The molecule has 2 fully saturated rings. The Labute approximate surface area is 120 Å². The van der Waals surface area contributed by atoms with Crippen LogP contribution in [-0.4, -0.2) is 42.0 Å². The lowest BCUT2D eigenvalue weighted by atomic mass is 9.73. The maximum atomic E-state index is 12.5. The highest BCUT2D eigenvalue weighted by Crippen LogP contribution is 2.44. The molecule has 1 amide bonds. The molecule has 0 unspecified atom stereocenters. The second-order valence-electron chi connectivity index (χ2n) is 6.13. The second-order valence-corrected chi connectivity index (χ2v) is 6.13. The summed E-state index contributed by atoms with van der Waals surface area (Å²) in [6.07, 6.45) is 7.03. The molecule has 2 rings (SSSR count). The van der Waals surface area contributed by atoms with Gasteiger partial charge >= 0.3 is 5.97 Å². The number of hydrogen-bond donors (Lipinski definition) is 1. The average molecular weight is 282 g/mol. The predicted molar refractivity (Wildman–Crippen MR) is 75.9 cm³/mol. The molecule has 5 heteroatoms. The van der Waals surface area contributed by atoms with Crippen LogP contribution in [0.5, 0.6) is 0 Å². The standard InChI is InChI=1S/C15H26N2O3/c1-11(16)13(18)17-10-6-9-15(17,14(19)20-2)12-7-4-3-5-8-12/h11-12H,3-10,16H2,1-2H3/t11-,15+/m0/s1. The Hall–Kier alpha value is -1.10. The Morgan fingerprint density at radius 1 is 1.25 bits per heavy atom. The van der Waals surface area contributed by atoms with Crippen molar-refractivity contribution in [3.63, 3.8) is 0 Å². The molecule has 0 aromatic rings. The van der Waals surface area contributed by atoms with Gasteiger partial charge in [0.2, 0.25) is 5.91 Å². The molecule has 1 heterocycles. The summed E-state index contributed by atoms with van der Waals surface area (Å²) >= 11 is 0. The average Bonchev–Trinajstić information content (AvgIpc) is 2.92. The maximum absolute atomic E-state index is 12.5. The van der Waals surface area contributed by atoms with Crippen molar-refractivity contribution in [1.29, 1.82) is 0 Å². The molecular weight excluding hydrogens is 256 g/mol. The van der Waals surface area contributed by atoms with Gasteiger partial charge in [-0.05, 0) is 38.5 Å². The van der Waals surface area contributed by atoms with Gasteiger partial charge in [0.1, 0.15) is 5.54 Å². The van der Waals surface area contributed by atoms with Crippen molar-refractivity contribution in [2.45, 2.75) is 63.5 Å². The highest BCUT2D eigenvalue weighted by Gasteiger charge is 2.55. The summed E-state index contributed by atoms with van der Waals surface area (Å²) in [5.74, 6) is -0.164. The van der Waals surface area contributed by atoms with Crippen LogP contribution in [0.15, 0.2) is 0 Å². The van der Waals surface area contributed by atoms with E-state index in [1.807, 2.05) is 0 Å². The molecule has 114 valence electrons. The minimum atomic E-state index is -0.764. The molecular formula is C15H26N2O3. The van der Waals surface area contributed by atoms with Crippen molar-refractivity contribution < 1.29 is 14.3 Å². The molecule has 0 aromatic heterocycles. The van der Waals surface area contributed by atoms with E-state index in [9.17, 15) is 9.59 Å². The van der Waals surface area contributed by atoms with Crippen molar-refractivity contribution in [3.8, 4) is 0 Å². The number of ether oxygens (including phenoxy) is 1. The van der Waals surface area contributed by atoms with Gasteiger partial charge in [-0.2, -0.15) is 0 Å². The third kappa shape index (κ3) is 2.43. The molecule has 0 radical (unpaired) electrons. The van der Waals surface area contributed by atoms with Gasteiger partial charge in [0.25, 0.3) is 0 Å². The van der Waals surface area contributed by atoms with Crippen molar-refractivity contribution in [2.24, 2.45) is 11.7 Å². The number of carbonyl (C=O) groups is 2. The van der Waals surface area contributed by atoms with Gasteiger partial charge in [0, 0.05) is 6.54 Å². The Kier molecular flexibility index (Phi) is 4.68. The summed E-state index contributed by atoms with van der Waals surface area (Å²) in [6, 6.07) is -0.569. The zero-order valence-corrected chi connectivity index (χ0v) is 12.6. The minimum absolute atomic E-state index is 0.126. The van der Waals surface area contributed by atoms with Gasteiger partial charge < -0.3 is 15.4 Å². The van der Waals surface area contributed by atoms with Gasteiger partial charge in [-0.15, -0.1) is 0 Å². The van der Waals surface area contributed by atoms with Crippen molar-refractivity contribution in [2.75, 3.05) is 13.7 Å². The molecule has 2 atom stereocenters. The van der Waals surface area contributed by atoms with Crippen LogP contribution in [0, 0.1) is 5.92 Å². The topological polar surface area (TPSA) is 72.6 Å². The molecule has 20 heavy (non-hydrogen) atoms. The summed E-state index contributed by atoms with van der Waals surface area (Å²) in [5, 5.41) is 0. The van der Waals surface area contributed by atoms with Gasteiger partial charge in [-0.1, -0.05) is 19.3 Å². The summed E-state index contributed by atoms with van der Waals surface area (Å²) < 4.78 is 5.08. The first-order valence-corrected chi connectivity index (χ1v) is 7.69. The number of methoxy groups -OCH3 is 1. The van der Waals surface area contributed by atoms with Crippen LogP contribution in [0.4, 0.5) is 0 Å². The number of esters is 1. The zero-order chi connectivity index (χ0) is 14.8. The monoisotopic (exact) mass is 282 g/mol. The highest BCUT2D eigenvalue weighted by molar-refractivity contribution is 5.91. The quantitative estimate of drug-likeness (QED) is 0.795. The molecule has 2 aliphatic rings. The lowest BCUT2D eigenvalue weighted by Gasteiger charge is -2.44. The Morgan fingerprint density at radius 3 is 2.45 bits per heavy atom. The largest absolute Gasteiger partial charge is 0.467 e. The number of likely N-dealkylation sites (tertiary alicyclic amines) is 1. The van der Waals surface area contributed by atoms with Gasteiger partial charge in [0.05, 0.1) is 13.2 Å². The minimum Gasteiger partial charge on any atom is -0.467 e. The molecule has 1 aliphatic heterocycles. The number of rotatable bonds is 3. The third-order valence-corrected chi connectivity index (χ3v) is 4.90. The Balaban J connectivity index is 2.34. The first-order valence-electron chi connectivity index (χ1n) is 7.69. The van der Waals surface area contributed by atoms with Crippen LogP contribution in [0.25, 0.3) is 0 Å². The molecule has 1 saturated heterocycles. The summed E-state index contributed by atoms with van der Waals surface area (Å²) in [6.45, 7) is 2.30. The van der Waals surface area contributed by atoms with E-state index in [2.05, 4.69) is 0 Å². The second kappa shape index (κ2) is 6.12. The zero-order valence-electron chi connectivity index (χ0n) is 12.6. The van der Waals surface area contributed by atoms with Crippen molar-refractivity contribution in [1.82, 2.24) is 4.90 Å². The van der Waals surface area contributed by atoms with Crippen molar-refractivity contribution >= 4 is 11.9 Å². The van der Waals surface area contributed by atoms with E-state index < -0.39 is 11.6 Å². The van der Waals surface area contributed by atoms with Crippen LogP contribution >= 0.6 is 0 Å². The number of hydrogen-bond acceptors (Lipinski definition) is 4. The Bertz CT molecular complexity index is 377. The van der Waals surface area contributed by atoms with Gasteiger partial charge in [-0.3, -0.25) is 4.79 Å². The van der Waals surface area contributed by atoms with Crippen LogP contribution in [0.2, 0.25) is 0 Å². The maximum Gasteiger partial charge on any atom is 0.332 e. The number of nitrogens with two attached hydrogens (primary N) is 1. The SMILES string of the molecule is COC(=O)[C@]1(C2CCCCC2)CCCN1C(=O)[C@H](C)N. The van der Waals surface area contributed by atoms with E-state index in [1.165, 1.54) is 13.5 Å². The smallest absolute Gasteiger partial charge is 0.332 e. The molecule has 0 bridgehead atoms. The number of carbonyl (C=O) groups excluding carboxylic acids is 2. The van der Waals surface area contributed by atoms with E-state index in [4.69, 9.17) is 10.5 Å². The summed E-state index contributed by atoms with van der Waals surface area (Å²) in [5.41, 5.74) is 5.00. The third-order valence-electron chi connectivity index (χ3n) is 4.90. The fraction of sp³-hybridized carbons (Fsp3) is 0.867. The number of amides is 1. The van der Waals surface area contributed by atoms with E-state index >= 15 is 0 Å². The molecule has 2 N–H and O–H groups in total. The van der Waals surface area contributed by atoms with E-state index in [-0.39, 0.29) is 17.8 Å². The fourth-order valence-electron chi connectivity index (χ4n) is 3.95. The van der Waals surface area contributed by atoms with Gasteiger partial charge in [0.15, 0.2) is 0 Å². The molecule has 0 spiro atoms. The van der Waals surface area contributed by atoms with Crippen molar-refractivity contribution in [3.05, 3.63) is 0 Å². The molecule has 1 saturated carbocycles. The lowest BCUT2D eigenvalue weighted by Crippen LogP contribution is -2.61.